The average molecular weight is 642 g/mol. The fourth-order valence-electron chi connectivity index (χ4n) is 5.43. The van der Waals surface area contributed by atoms with Crippen LogP contribution in [0.2, 0.25) is 0 Å². The Morgan fingerprint density at radius 3 is 2.04 bits per heavy atom. The van der Waals surface area contributed by atoms with Crippen LogP contribution in [0.3, 0.4) is 0 Å². The molecule has 2 heterocycles. The van der Waals surface area contributed by atoms with E-state index < -0.39 is 29.2 Å². The first kappa shape index (κ1) is 32.4. The van der Waals surface area contributed by atoms with Crippen molar-refractivity contribution in [1.29, 1.82) is 0 Å². The topological polar surface area (TPSA) is 142 Å². The van der Waals surface area contributed by atoms with Gasteiger partial charge in [0, 0.05) is 23.1 Å². The van der Waals surface area contributed by atoms with Gasteiger partial charge in [0.05, 0.1) is 17.1 Å². The quantitative estimate of drug-likeness (QED) is 0.137. The van der Waals surface area contributed by atoms with Crippen LogP contribution in [0.5, 0.6) is 0 Å². The molecule has 3 aromatic carbocycles. The van der Waals surface area contributed by atoms with Gasteiger partial charge in [0.15, 0.2) is 5.76 Å². The maximum atomic E-state index is 13.8. The first-order chi connectivity index (χ1) is 21.9. The molecule has 2 atom stereocenters. The van der Waals surface area contributed by atoms with Gasteiger partial charge in [0.2, 0.25) is 5.91 Å². The molecule has 3 N–H and O–H groups in total. The summed E-state index contributed by atoms with van der Waals surface area (Å²) >= 11 is -2.53. The van der Waals surface area contributed by atoms with Crippen LogP contribution in [-0.4, -0.2) is 42.3 Å². The largest absolute Gasteiger partial charge is 0.480 e. The lowest BCUT2D eigenvalue weighted by Gasteiger charge is -2.29. The summed E-state index contributed by atoms with van der Waals surface area (Å²) in [7, 11) is 0. The maximum Gasteiger partial charge on any atom is 0.327 e. The van der Waals surface area contributed by atoms with Crippen LogP contribution in [0, 0.1) is 18.8 Å². The third kappa shape index (κ3) is 6.24. The van der Waals surface area contributed by atoms with Crippen LogP contribution in [0.25, 0.3) is 33.4 Å². The number of carbonyl (C=O) groups excluding carboxylic acids is 2. The number of nitrogens with one attached hydrogen (secondary N) is 1. The maximum absolute atomic E-state index is 13.8. The summed E-state index contributed by atoms with van der Waals surface area (Å²) in [5.74, 6) is -2.10. The van der Waals surface area contributed by atoms with E-state index in [1.165, 1.54) is 4.57 Å². The van der Waals surface area contributed by atoms with Crippen LogP contribution in [0.1, 0.15) is 43.8 Å². The summed E-state index contributed by atoms with van der Waals surface area (Å²) in [5, 5.41) is 13.3. The second kappa shape index (κ2) is 13.2. The van der Waals surface area contributed by atoms with Crippen molar-refractivity contribution in [2.24, 2.45) is 11.8 Å². The summed E-state index contributed by atoms with van der Waals surface area (Å²) in [6.45, 7) is 8.79. The van der Waals surface area contributed by atoms with Gasteiger partial charge in [-0.1, -0.05) is 70.2 Å². The van der Waals surface area contributed by atoms with Crippen LogP contribution in [0.15, 0.2) is 89.5 Å². The van der Waals surface area contributed by atoms with Gasteiger partial charge in [-0.25, -0.2) is 9.00 Å². The van der Waals surface area contributed by atoms with E-state index >= 15 is 0 Å². The molecule has 0 aliphatic carbocycles. The lowest BCUT2D eigenvalue weighted by atomic mass is 10.0. The van der Waals surface area contributed by atoms with E-state index in [0.29, 0.717) is 33.6 Å². The minimum Gasteiger partial charge on any atom is -0.480 e. The lowest BCUT2D eigenvalue weighted by molar-refractivity contribution is -0.139. The molecule has 5 aromatic rings. The van der Waals surface area contributed by atoms with E-state index in [1.54, 1.807) is 75.5 Å². The highest BCUT2D eigenvalue weighted by atomic mass is 32.2. The summed E-state index contributed by atoms with van der Waals surface area (Å²) in [4.78, 5) is 38.0. The Balaban J connectivity index is 1.41. The van der Waals surface area contributed by atoms with Crippen molar-refractivity contribution < 1.29 is 32.7 Å². The molecular formula is C35H35N3O7S. The van der Waals surface area contributed by atoms with Crippen molar-refractivity contribution in [3.63, 3.8) is 0 Å². The smallest absolute Gasteiger partial charge is 0.327 e. The number of anilines is 2. The van der Waals surface area contributed by atoms with E-state index in [0.717, 1.165) is 21.0 Å². The molecule has 1 amide bonds. The number of aliphatic carboxylic acids is 1. The van der Waals surface area contributed by atoms with Crippen molar-refractivity contribution in [1.82, 2.24) is 4.57 Å². The molecule has 46 heavy (non-hydrogen) atoms. The molecule has 0 saturated heterocycles. The van der Waals surface area contributed by atoms with Gasteiger partial charge >= 0.3 is 5.97 Å². The molecule has 2 unspecified atom stereocenters. The summed E-state index contributed by atoms with van der Waals surface area (Å²) in [6.07, 6.45) is 1.68. The first-order valence-corrected chi connectivity index (χ1v) is 15.8. The zero-order valence-corrected chi connectivity index (χ0v) is 26.9. The fraction of sp³-hybridized carbons (Fsp3) is 0.229. The molecule has 0 bridgehead atoms. The summed E-state index contributed by atoms with van der Waals surface area (Å²) in [5.41, 5.74) is 5.17. The van der Waals surface area contributed by atoms with Crippen LogP contribution in [0.4, 0.5) is 11.4 Å². The predicted octanol–water partition coefficient (Wildman–Crippen LogP) is 7.21. The normalized spacial score (nSPS) is 12.8. The first-order valence-electron chi connectivity index (χ1n) is 14.8. The highest BCUT2D eigenvalue weighted by Gasteiger charge is 2.33. The third-order valence-electron chi connectivity index (χ3n) is 7.84. The van der Waals surface area contributed by atoms with Gasteiger partial charge in [-0.05, 0) is 65.9 Å². The zero-order chi connectivity index (χ0) is 33.3. The molecule has 5 rings (SSSR count). The number of benzene rings is 3. The second-order valence-corrected chi connectivity index (χ2v) is 12.5. The predicted molar refractivity (Wildman–Crippen MR) is 179 cm³/mol. The van der Waals surface area contributed by atoms with Crippen LogP contribution >= 0.6 is 0 Å². The molecule has 0 radical (unpaired) electrons. The van der Waals surface area contributed by atoms with Crippen molar-refractivity contribution in [3.8, 4) is 22.4 Å². The Kier molecular flexibility index (Phi) is 9.27. The fourth-order valence-corrected chi connectivity index (χ4v) is 6.26. The molecular weight excluding hydrogens is 606 g/mol. The third-order valence-corrected chi connectivity index (χ3v) is 8.61. The Morgan fingerprint density at radius 1 is 0.870 bits per heavy atom. The highest BCUT2D eigenvalue weighted by Crippen LogP contribution is 2.34. The Labute approximate surface area is 269 Å². The molecule has 0 aliphatic rings. The molecule has 0 spiro atoms. The van der Waals surface area contributed by atoms with E-state index in [-0.39, 0.29) is 23.5 Å². The van der Waals surface area contributed by atoms with E-state index in [1.807, 2.05) is 44.2 Å². The van der Waals surface area contributed by atoms with E-state index in [4.69, 9.17) is 4.42 Å². The number of hydrogen-bond donors (Lipinski definition) is 3. The number of carbonyl (C=O) groups is 3. The molecule has 11 heteroatoms. The highest BCUT2D eigenvalue weighted by molar-refractivity contribution is 7.80. The van der Waals surface area contributed by atoms with Gasteiger partial charge in [0.1, 0.15) is 11.6 Å². The number of rotatable bonds is 10. The molecule has 0 saturated carbocycles. The molecule has 0 aliphatic heterocycles. The number of aryl methyl sites for hydroxylation is 1. The number of hydrogen-bond acceptors (Lipinski definition) is 5. The number of carboxylic acids is 1. The van der Waals surface area contributed by atoms with Crippen molar-refractivity contribution >= 4 is 51.4 Å². The number of fused-ring (bicyclic) bond motifs is 1. The van der Waals surface area contributed by atoms with Crippen molar-refractivity contribution in [3.05, 3.63) is 96.4 Å². The Morgan fingerprint density at radius 2 is 1.48 bits per heavy atom. The summed E-state index contributed by atoms with van der Waals surface area (Å²) in [6, 6.07) is 22.1. The summed E-state index contributed by atoms with van der Waals surface area (Å²) < 4.78 is 30.5. The molecule has 2 aromatic heterocycles. The monoisotopic (exact) mass is 641 g/mol. The van der Waals surface area contributed by atoms with Crippen LogP contribution < -0.4 is 9.62 Å². The SMILES string of the molecule is Cc1c(C(=O)n2cccc2-c2ccc(-c3ccc(N(C(C(=O)O)C(C)C)S(=O)O)cc3)cc2)oc2cccc(NC(=O)C(C)C)c12. The van der Waals surface area contributed by atoms with E-state index in [9.17, 15) is 28.3 Å². The minimum absolute atomic E-state index is 0.130. The Hall–Kier alpha value is -5.00. The zero-order valence-electron chi connectivity index (χ0n) is 26.1. The van der Waals surface area contributed by atoms with E-state index in [2.05, 4.69) is 5.32 Å². The number of nitrogens with zero attached hydrogens (tertiary/aromatic N) is 2. The van der Waals surface area contributed by atoms with Crippen LogP contribution in [-0.2, 0) is 20.9 Å². The standard InChI is InChI=1S/C35H35N3O7S/c1-20(2)31(35(41)42)38(46(43)44)26-17-15-24(16-18-26)23-11-13-25(14-12-23)28-9-7-19-37(28)34(40)32-22(5)30-27(36-33(39)21(3)4)8-6-10-29(30)45-32/h6-21,31H,1-5H3,(H,36,39)(H,41,42)(H,43,44). The number of aromatic nitrogens is 1. The van der Waals surface area contributed by atoms with Gasteiger partial charge in [-0.3, -0.25) is 23.0 Å². The molecule has 0 fully saturated rings. The number of carboxylic acid groups (broad SMARTS) is 1. The van der Waals surface area contributed by atoms with Crippen molar-refractivity contribution in [2.45, 2.75) is 40.7 Å². The second-order valence-electron chi connectivity index (χ2n) is 11.7. The number of furan rings is 1. The van der Waals surface area contributed by atoms with Crippen molar-refractivity contribution in [2.75, 3.05) is 9.62 Å². The lowest BCUT2D eigenvalue weighted by Crippen LogP contribution is -2.45. The average Bonchev–Trinajstić information content (AvgIpc) is 3.64. The van der Waals surface area contributed by atoms with Gasteiger partial charge in [-0.2, -0.15) is 0 Å². The van der Waals surface area contributed by atoms with Gasteiger partial charge < -0.3 is 14.8 Å². The Bertz CT molecular complexity index is 1940. The molecule has 10 nitrogen and oxygen atoms in total. The molecule has 238 valence electrons. The number of amides is 1. The van der Waals surface area contributed by atoms with Gasteiger partial charge in [0.25, 0.3) is 17.2 Å². The minimum atomic E-state index is -2.53. The van der Waals surface area contributed by atoms with Gasteiger partial charge in [-0.15, -0.1) is 0 Å².